The van der Waals surface area contributed by atoms with Crippen LogP contribution in [0.4, 0.5) is 5.82 Å². The number of benzene rings is 1. The van der Waals surface area contributed by atoms with Crippen molar-refractivity contribution in [3.8, 4) is 0 Å². The molecule has 0 unspecified atom stereocenters. The van der Waals surface area contributed by atoms with Crippen molar-refractivity contribution in [2.24, 2.45) is 5.41 Å². The van der Waals surface area contributed by atoms with E-state index in [0.717, 1.165) is 83.0 Å². The van der Waals surface area contributed by atoms with Crippen LogP contribution in [0.1, 0.15) is 62.4 Å². The Morgan fingerprint density at radius 1 is 0.944 bits per heavy atom. The molecule has 0 bridgehead atoms. The highest BCUT2D eigenvalue weighted by molar-refractivity contribution is 5.95. The van der Waals surface area contributed by atoms with Crippen LogP contribution in [0.3, 0.4) is 0 Å². The van der Waals surface area contributed by atoms with E-state index in [1.807, 2.05) is 18.3 Å². The Hall–Kier alpha value is -2.44. The first kappa shape index (κ1) is 25.2. The Balaban J connectivity index is 1.15. The summed E-state index contributed by atoms with van der Waals surface area (Å²) in [4.78, 5) is 27.6. The summed E-state index contributed by atoms with van der Waals surface area (Å²) in [6.45, 7) is 16.0. The van der Waals surface area contributed by atoms with Gasteiger partial charge in [-0.1, -0.05) is 37.3 Å². The molecule has 1 spiro atoms. The number of carbonyl (C=O) groups excluding carboxylic acids is 1. The van der Waals surface area contributed by atoms with E-state index in [2.05, 4.69) is 75.7 Å². The molecule has 4 heterocycles. The second-order valence-corrected chi connectivity index (χ2v) is 11.8. The van der Waals surface area contributed by atoms with Crippen LogP contribution in [0.2, 0.25) is 0 Å². The van der Waals surface area contributed by atoms with Gasteiger partial charge < -0.3 is 9.80 Å². The topological polar surface area (TPSA) is 42.9 Å². The molecule has 1 aromatic heterocycles. The van der Waals surface area contributed by atoms with Gasteiger partial charge in [0.2, 0.25) is 0 Å². The number of hydrogen-bond acceptors (Lipinski definition) is 5. The number of carbonyl (C=O) groups is 1. The molecular weight excluding hydrogens is 446 g/mol. The van der Waals surface area contributed by atoms with Crippen LogP contribution < -0.4 is 4.90 Å². The fourth-order valence-corrected chi connectivity index (χ4v) is 6.27. The first-order valence-electron chi connectivity index (χ1n) is 13.9. The minimum atomic E-state index is 0.165. The molecule has 5 rings (SSSR count). The van der Waals surface area contributed by atoms with Gasteiger partial charge in [0.15, 0.2) is 0 Å². The Morgan fingerprint density at radius 3 is 2.33 bits per heavy atom. The van der Waals surface area contributed by atoms with Crippen LogP contribution in [0, 0.1) is 5.41 Å². The molecule has 1 aromatic carbocycles. The highest BCUT2D eigenvalue weighted by Gasteiger charge is 2.41. The van der Waals surface area contributed by atoms with Gasteiger partial charge in [-0.2, -0.15) is 0 Å². The molecule has 3 fully saturated rings. The second-order valence-electron chi connectivity index (χ2n) is 11.8. The van der Waals surface area contributed by atoms with Crippen molar-refractivity contribution in [2.75, 3.05) is 57.3 Å². The maximum absolute atomic E-state index is 13.4. The third-order valence-corrected chi connectivity index (χ3v) is 9.20. The highest BCUT2D eigenvalue weighted by Crippen LogP contribution is 2.41. The molecule has 0 radical (unpaired) electrons. The largest absolute Gasteiger partial charge is 0.354 e. The van der Waals surface area contributed by atoms with Gasteiger partial charge in [-0.3, -0.25) is 14.6 Å². The number of amides is 1. The van der Waals surface area contributed by atoms with E-state index in [4.69, 9.17) is 0 Å². The van der Waals surface area contributed by atoms with E-state index < -0.39 is 0 Å². The molecule has 3 aliphatic heterocycles. The smallest absolute Gasteiger partial charge is 0.254 e. The predicted octanol–water partition coefficient (Wildman–Crippen LogP) is 4.52. The molecule has 6 heteroatoms. The van der Waals surface area contributed by atoms with Crippen molar-refractivity contribution < 1.29 is 4.79 Å². The Kier molecular flexibility index (Phi) is 7.36. The lowest BCUT2D eigenvalue weighted by Crippen LogP contribution is -2.54. The van der Waals surface area contributed by atoms with Gasteiger partial charge in [0, 0.05) is 69.7 Å². The number of likely N-dealkylation sites (tertiary alicyclic amines) is 2. The third kappa shape index (κ3) is 5.45. The second kappa shape index (κ2) is 10.5. The summed E-state index contributed by atoms with van der Waals surface area (Å²) in [7, 11) is 0. The summed E-state index contributed by atoms with van der Waals surface area (Å²) in [6.07, 6.45) is 6.43. The first-order valence-corrected chi connectivity index (χ1v) is 13.9. The van der Waals surface area contributed by atoms with Crippen LogP contribution in [0.5, 0.6) is 0 Å². The van der Waals surface area contributed by atoms with Gasteiger partial charge in [-0.25, -0.2) is 4.98 Å². The maximum atomic E-state index is 13.4. The number of pyridine rings is 1. The maximum Gasteiger partial charge on any atom is 0.254 e. The quantitative estimate of drug-likeness (QED) is 0.597. The first-order chi connectivity index (χ1) is 17.4. The summed E-state index contributed by atoms with van der Waals surface area (Å²) < 4.78 is 0. The molecule has 36 heavy (non-hydrogen) atoms. The van der Waals surface area contributed by atoms with Crippen LogP contribution in [0.15, 0.2) is 48.7 Å². The molecule has 3 aliphatic rings. The van der Waals surface area contributed by atoms with Crippen molar-refractivity contribution in [3.63, 3.8) is 0 Å². The summed E-state index contributed by atoms with van der Waals surface area (Å²) in [5, 5.41) is 0. The number of nitrogens with zero attached hydrogens (tertiary/aromatic N) is 5. The molecule has 0 aliphatic carbocycles. The van der Waals surface area contributed by atoms with Gasteiger partial charge in [0.1, 0.15) is 5.82 Å². The third-order valence-electron chi connectivity index (χ3n) is 9.20. The number of piperazine rings is 1. The van der Waals surface area contributed by atoms with Crippen LogP contribution in [-0.4, -0.2) is 83.5 Å². The summed E-state index contributed by atoms with van der Waals surface area (Å²) in [5.74, 6) is 1.11. The van der Waals surface area contributed by atoms with E-state index in [9.17, 15) is 4.79 Å². The molecule has 0 N–H and O–H groups in total. The molecule has 194 valence electrons. The van der Waals surface area contributed by atoms with E-state index in [1.165, 1.54) is 18.5 Å². The SMILES string of the molecule is CCC(C)(C)N1CCN(c2cc(C(=O)N3CCC4(CCN(Cc5ccccc5)C4)CC3)ccn2)CC1. The highest BCUT2D eigenvalue weighted by atomic mass is 16.2. The summed E-state index contributed by atoms with van der Waals surface area (Å²) in [6, 6.07) is 14.7. The van der Waals surface area contributed by atoms with Crippen molar-refractivity contribution in [2.45, 2.75) is 58.5 Å². The fraction of sp³-hybridized carbons (Fsp3) is 0.600. The van der Waals surface area contributed by atoms with E-state index in [0.29, 0.717) is 5.41 Å². The van der Waals surface area contributed by atoms with Crippen LogP contribution in [0.25, 0.3) is 0 Å². The zero-order chi connectivity index (χ0) is 25.2. The Morgan fingerprint density at radius 2 is 1.64 bits per heavy atom. The summed E-state index contributed by atoms with van der Waals surface area (Å²) in [5.41, 5.74) is 2.79. The standard InChI is InChI=1S/C30H43N5O/c1-4-29(2,3)35-20-18-33(19-21-35)27-22-26(10-14-31-27)28(36)34-16-12-30(13-17-34)11-15-32(24-30)23-25-8-6-5-7-9-25/h5-10,14,22H,4,11-13,15-21,23-24H2,1-3H3. The zero-order valence-corrected chi connectivity index (χ0v) is 22.5. The van der Waals surface area contributed by atoms with E-state index >= 15 is 0 Å². The molecule has 2 aromatic rings. The van der Waals surface area contributed by atoms with Gasteiger partial charge in [0.25, 0.3) is 5.91 Å². The molecular formula is C30H43N5O. The van der Waals surface area contributed by atoms with Crippen molar-refractivity contribution in [1.82, 2.24) is 19.7 Å². The van der Waals surface area contributed by atoms with Gasteiger partial charge in [-0.15, -0.1) is 0 Å². The number of rotatable bonds is 6. The lowest BCUT2D eigenvalue weighted by molar-refractivity contribution is 0.0588. The lowest BCUT2D eigenvalue weighted by atomic mass is 9.77. The van der Waals surface area contributed by atoms with Gasteiger partial charge in [-0.05, 0) is 69.2 Å². The monoisotopic (exact) mass is 489 g/mol. The van der Waals surface area contributed by atoms with E-state index in [-0.39, 0.29) is 11.4 Å². The van der Waals surface area contributed by atoms with Crippen molar-refractivity contribution in [1.29, 1.82) is 0 Å². The van der Waals surface area contributed by atoms with Gasteiger partial charge in [0.05, 0.1) is 0 Å². The molecule has 6 nitrogen and oxygen atoms in total. The Bertz CT molecular complexity index is 1020. The Labute approximate surface area is 217 Å². The average molecular weight is 490 g/mol. The molecule has 3 saturated heterocycles. The average Bonchev–Trinajstić information content (AvgIpc) is 3.31. The van der Waals surface area contributed by atoms with E-state index in [1.54, 1.807) is 0 Å². The number of anilines is 1. The molecule has 0 saturated carbocycles. The fourth-order valence-electron chi connectivity index (χ4n) is 6.27. The summed E-state index contributed by atoms with van der Waals surface area (Å²) >= 11 is 0. The lowest BCUT2D eigenvalue weighted by Gasteiger charge is -2.44. The van der Waals surface area contributed by atoms with Crippen molar-refractivity contribution in [3.05, 3.63) is 59.8 Å². The van der Waals surface area contributed by atoms with Crippen molar-refractivity contribution >= 4 is 11.7 Å². The van der Waals surface area contributed by atoms with Crippen LogP contribution >= 0.6 is 0 Å². The van der Waals surface area contributed by atoms with Crippen LogP contribution in [-0.2, 0) is 6.54 Å². The van der Waals surface area contributed by atoms with Gasteiger partial charge >= 0.3 is 0 Å². The predicted molar refractivity (Wildman–Crippen MR) is 146 cm³/mol. The number of aromatic nitrogens is 1. The molecule has 0 atom stereocenters. The minimum absolute atomic E-state index is 0.165. The number of hydrogen-bond donors (Lipinski definition) is 0. The molecule has 1 amide bonds. The number of piperidine rings is 1. The minimum Gasteiger partial charge on any atom is -0.354 e. The normalized spacial score (nSPS) is 21.3. The zero-order valence-electron chi connectivity index (χ0n) is 22.5.